The van der Waals surface area contributed by atoms with Crippen LogP contribution in [0.5, 0.6) is 0 Å². The molecule has 0 aromatic rings. The van der Waals surface area contributed by atoms with Crippen molar-refractivity contribution in [2.45, 2.75) is 162 Å². The first-order chi connectivity index (χ1) is 15.8. The summed E-state index contributed by atoms with van der Waals surface area (Å²) in [4.78, 5) is 10.1. The van der Waals surface area contributed by atoms with Gasteiger partial charge in [0, 0.05) is 11.7 Å². The zero-order valence-electron chi connectivity index (χ0n) is 23.9. The van der Waals surface area contributed by atoms with Gasteiger partial charge in [0.25, 0.3) is 0 Å². The van der Waals surface area contributed by atoms with Crippen molar-refractivity contribution in [2.75, 3.05) is 5.75 Å². The fraction of sp³-hybridized carbons (Fsp3) is 0.963. The molecular formula is C27H54Na2O5S. The molecule has 0 aliphatic carbocycles. The van der Waals surface area contributed by atoms with Crippen LogP contribution in [-0.4, -0.2) is 24.7 Å². The van der Waals surface area contributed by atoms with E-state index < -0.39 is 16.1 Å². The van der Waals surface area contributed by atoms with Crippen LogP contribution in [0.25, 0.3) is 0 Å². The quantitative estimate of drug-likeness (QED) is 0.105. The Morgan fingerprint density at radius 1 is 0.514 bits per heavy atom. The summed E-state index contributed by atoms with van der Waals surface area (Å²) in [7, 11) is -3.98. The molecule has 0 fully saturated rings. The normalized spacial score (nSPS) is 10.6. The molecule has 0 heterocycles. The monoisotopic (exact) mass is 536 g/mol. The van der Waals surface area contributed by atoms with Gasteiger partial charge in [-0.25, -0.2) is 8.42 Å². The number of unbranched alkanes of at least 4 members (excludes halogenated alkanes) is 20. The van der Waals surface area contributed by atoms with E-state index in [2.05, 4.69) is 13.8 Å². The number of hydrogen-bond donors (Lipinski definition) is 0. The first-order valence-corrected chi connectivity index (χ1v) is 15.5. The first kappa shape index (κ1) is 43.4. The van der Waals surface area contributed by atoms with Crippen LogP contribution in [0.1, 0.15) is 162 Å². The molecule has 0 aliphatic rings. The zero-order valence-corrected chi connectivity index (χ0v) is 28.7. The minimum Gasteiger partial charge on any atom is -0.748 e. The summed E-state index contributed by atoms with van der Waals surface area (Å²) in [6.07, 6.45) is 26.9. The summed E-state index contributed by atoms with van der Waals surface area (Å²) in [6.45, 7) is 4.47. The molecule has 0 saturated carbocycles. The summed E-state index contributed by atoms with van der Waals surface area (Å²) >= 11 is 0. The first-order valence-electron chi connectivity index (χ1n) is 14.0. The van der Waals surface area contributed by atoms with Crippen molar-refractivity contribution in [1.29, 1.82) is 0 Å². The van der Waals surface area contributed by atoms with Gasteiger partial charge in [0.2, 0.25) is 0 Å². The van der Waals surface area contributed by atoms with Crippen molar-refractivity contribution in [1.82, 2.24) is 0 Å². The number of aliphatic carboxylic acids is 1. The average molecular weight is 537 g/mol. The molecule has 0 amide bonds. The minimum atomic E-state index is -3.98. The molecule has 0 aliphatic heterocycles. The van der Waals surface area contributed by atoms with E-state index in [-0.39, 0.29) is 71.3 Å². The molecule has 35 heavy (non-hydrogen) atoms. The van der Waals surface area contributed by atoms with Gasteiger partial charge in [0.1, 0.15) is 0 Å². The largest absolute Gasteiger partial charge is 1.00 e. The molecule has 0 saturated heterocycles. The van der Waals surface area contributed by atoms with Gasteiger partial charge in [-0.3, -0.25) is 0 Å². The molecule has 0 atom stereocenters. The molecule has 0 rings (SSSR count). The Morgan fingerprint density at radius 3 is 1.03 bits per heavy atom. The summed E-state index contributed by atoms with van der Waals surface area (Å²) in [5, 5.41) is 10.1. The van der Waals surface area contributed by atoms with Crippen molar-refractivity contribution in [3.63, 3.8) is 0 Å². The van der Waals surface area contributed by atoms with E-state index in [1.165, 1.54) is 109 Å². The number of rotatable bonds is 24. The Bertz CT molecular complexity index is 502. The van der Waals surface area contributed by atoms with Crippen LogP contribution in [0.4, 0.5) is 0 Å². The van der Waals surface area contributed by atoms with E-state index in [1.54, 1.807) is 0 Å². The predicted molar refractivity (Wildman–Crippen MR) is 137 cm³/mol. The van der Waals surface area contributed by atoms with Crippen molar-refractivity contribution in [3.8, 4) is 0 Å². The van der Waals surface area contributed by atoms with Crippen molar-refractivity contribution >= 4 is 16.1 Å². The molecule has 0 aromatic heterocycles. The third-order valence-corrected chi connectivity index (χ3v) is 6.77. The summed E-state index contributed by atoms with van der Waals surface area (Å²) in [6, 6.07) is 0. The van der Waals surface area contributed by atoms with Crippen molar-refractivity contribution in [3.05, 3.63) is 0 Å². The third-order valence-electron chi connectivity index (χ3n) is 5.98. The Kier molecular flexibility index (Phi) is 43.9. The molecule has 5 nitrogen and oxygen atoms in total. The van der Waals surface area contributed by atoms with Gasteiger partial charge in [-0.15, -0.1) is 0 Å². The van der Waals surface area contributed by atoms with E-state index in [4.69, 9.17) is 0 Å². The molecule has 0 bridgehead atoms. The average Bonchev–Trinajstić information content (AvgIpc) is 2.75. The smallest absolute Gasteiger partial charge is 0.748 e. The van der Waals surface area contributed by atoms with Crippen molar-refractivity contribution < 1.29 is 82.0 Å². The number of carbonyl (C=O) groups excluding carboxylic acids is 1. The van der Waals surface area contributed by atoms with E-state index in [0.29, 0.717) is 6.42 Å². The van der Waals surface area contributed by atoms with Gasteiger partial charge >= 0.3 is 59.1 Å². The van der Waals surface area contributed by atoms with Crippen LogP contribution in [0, 0.1) is 0 Å². The van der Waals surface area contributed by atoms with E-state index >= 15 is 0 Å². The van der Waals surface area contributed by atoms with Gasteiger partial charge < -0.3 is 14.5 Å². The van der Waals surface area contributed by atoms with Crippen molar-refractivity contribution in [2.24, 2.45) is 0 Å². The van der Waals surface area contributed by atoms with Gasteiger partial charge in [-0.05, 0) is 19.3 Å². The van der Waals surface area contributed by atoms with Crippen LogP contribution in [0.15, 0.2) is 0 Å². The molecule has 200 valence electrons. The maximum Gasteiger partial charge on any atom is 1.00 e. The van der Waals surface area contributed by atoms with Gasteiger partial charge in [0.15, 0.2) is 0 Å². The van der Waals surface area contributed by atoms with Gasteiger partial charge in [0.05, 0.1) is 10.1 Å². The zero-order chi connectivity index (χ0) is 25.0. The number of carbonyl (C=O) groups is 1. The van der Waals surface area contributed by atoms with Crippen LogP contribution in [0.3, 0.4) is 0 Å². The SMILES string of the molecule is CCCCCCCCCCCCCC(=O)[O-].CCCCCCCCCCCCCS(=O)(=O)[O-].[Na+].[Na+]. The summed E-state index contributed by atoms with van der Waals surface area (Å²) in [5.41, 5.74) is 0. The second-order valence-electron chi connectivity index (χ2n) is 9.45. The van der Waals surface area contributed by atoms with Gasteiger partial charge in [-0.2, -0.15) is 0 Å². The minimum absolute atomic E-state index is 0. The third kappa shape index (κ3) is 48.9. The molecule has 0 unspecified atom stereocenters. The van der Waals surface area contributed by atoms with Gasteiger partial charge in [-0.1, -0.05) is 142 Å². The maximum absolute atomic E-state index is 10.3. The fourth-order valence-electron chi connectivity index (χ4n) is 3.88. The number of hydrogen-bond acceptors (Lipinski definition) is 5. The molecule has 0 spiro atoms. The number of carboxylic acid groups (broad SMARTS) is 1. The molecule has 8 heteroatoms. The number of carboxylic acids is 1. The van der Waals surface area contributed by atoms with E-state index in [1.807, 2.05) is 0 Å². The standard InChI is InChI=1S/C14H28O2.C13H28O3S.2Na/c1-2-3-4-5-6-7-8-9-10-11-12-13-14(15)16;1-2-3-4-5-6-7-8-9-10-11-12-13-17(14,15)16;;/h2-13H2,1H3,(H,15,16);2-13H2,1H3,(H,14,15,16);;/q;;2*+1/p-2. The summed E-state index contributed by atoms with van der Waals surface area (Å²) < 4.78 is 31.0. The van der Waals surface area contributed by atoms with Crippen LogP contribution in [-0.2, 0) is 14.9 Å². The van der Waals surface area contributed by atoms with E-state index in [9.17, 15) is 22.9 Å². The van der Waals surface area contributed by atoms with Crippen LogP contribution >= 0.6 is 0 Å². The topological polar surface area (TPSA) is 97.3 Å². The molecular weight excluding hydrogens is 482 g/mol. The maximum atomic E-state index is 10.3. The Morgan fingerprint density at radius 2 is 0.771 bits per heavy atom. The molecule has 0 aromatic carbocycles. The van der Waals surface area contributed by atoms with Crippen LogP contribution in [0.2, 0.25) is 0 Å². The second kappa shape index (κ2) is 35.4. The Labute approximate surface area is 263 Å². The Hall–Kier alpha value is 1.38. The fourth-order valence-corrected chi connectivity index (χ4v) is 4.43. The van der Waals surface area contributed by atoms with Crippen LogP contribution < -0.4 is 64.2 Å². The second-order valence-corrected chi connectivity index (χ2v) is 11.0. The predicted octanol–water partition coefficient (Wildman–Crippen LogP) is 1.29. The van der Waals surface area contributed by atoms with E-state index in [0.717, 1.165) is 25.7 Å². The molecule has 0 N–H and O–H groups in total. The Balaban J connectivity index is -0.000000260. The molecule has 0 radical (unpaired) electrons. The summed E-state index contributed by atoms with van der Waals surface area (Å²) in [5.74, 6) is -1.10.